The van der Waals surface area contributed by atoms with Gasteiger partial charge in [-0.25, -0.2) is 0 Å². The lowest BCUT2D eigenvalue weighted by atomic mass is 10.3. The number of carbonyl (C=O) groups excluding carboxylic acids is 1. The molecule has 0 aliphatic heterocycles. The summed E-state index contributed by atoms with van der Waals surface area (Å²) in [5.74, 6) is 0.455. The van der Waals surface area contributed by atoms with Crippen LogP contribution in [0.3, 0.4) is 0 Å². The Hall–Kier alpha value is -1.71. The van der Waals surface area contributed by atoms with Crippen molar-refractivity contribution < 1.29 is 9.90 Å². The molecular formula is C13H9BrN4O2S2. The fourth-order valence-corrected chi connectivity index (χ4v) is 3.88. The summed E-state index contributed by atoms with van der Waals surface area (Å²) in [6.07, 6.45) is 0. The smallest absolute Gasteiger partial charge is 0.214 e. The van der Waals surface area contributed by atoms with Gasteiger partial charge in [0.1, 0.15) is 5.75 Å². The molecule has 0 unspecified atom stereocenters. The summed E-state index contributed by atoms with van der Waals surface area (Å²) in [5, 5.41) is 21.3. The van der Waals surface area contributed by atoms with E-state index in [0.29, 0.717) is 10.0 Å². The molecule has 0 aliphatic carbocycles. The van der Waals surface area contributed by atoms with Crippen LogP contribution in [0.5, 0.6) is 5.75 Å². The number of hydrogen-bond donors (Lipinski definition) is 1. The van der Waals surface area contributed by atoms with Gasteiger partial charge in [0.05, 0.1) is 20.1 Å². The maximum absolute atomic E-state index is 12.1. The van der Waals surface area contributed by atoms with Crippen LogP contribution in [-0.2, 0) is 0 Å². The van der Waals surface area contributed by atoms with Gasteiger partial charge in [-0.3, -0.25) is 4.79 Å². The molecule has 0 atom stereocenters. The topological polar surface area (TPSA) is 80.9 Å². The van der Waals surface area contributed by atoms with E-state index in [1.165, 1.54) is 27.8 Å². The Balaban J connectivity index is 1.73. The molecule has 0 saturated heterocycles. The quantitative estimate of drug-likeness (QED) is 0.526. The number of tetrazole rings is 1. The van der Waals surface area contributed by atoms with E-state index in [1.807, 2.05) is 6.07 Å². The van der Waals surface area contributed by atoms with Crippen LogP contribution in [-0.4, -0.2) is 36.8 Å². The molecular weight excluding hydrogens is 388 g/mol. The van der Waals surface area contributed by atoms with E-state index in [2.05, 4.69) is 31.5 Å². The number of rotatable bonds is 5. The molecule has 1 N–H and O–H groups in total. The fraction of sp³-hybridized carbons (Fsp3) is 0.0769. The maximum atomic E-state index is 12.1. The molecule has 9 heteroatoms. The molecule has 6 nitrogen and oxygen atoms in total. The summed E-state index contributed by atoms with van der Waals surface area (Å²) in [7, 11) is 0. The Morgan fingerprint density at radius 1 is 1.27 bits per heavy atom. The summed E-state index contributed by atoms with van der Waals surface area (Å²) in [5.41, 5.74) is 0.719. The van der Waals surface area contributed by atoms with Crippen LogP contribution >= 0.6 is 39.0 Å². The first-order chi connectivity index (χ1) is 10.6. The Morgan fingerprint density at radius 3 is 2.73 bits per heavy atom. The molecule has 0 fully saturated rings. The van der Waals surface area contributed by atoms with Crippen molar-refractivity contribution in [2.24, 2.45) is 0 Å². The van der Waals surface area contributed by atoms with E-state index >= 15 is 0 Å². The molecule has 0 bridgehead atoms. The predicted octanol–water partition coefficient (Wildman–Crippen LogP) is 3.17. The van der Waals surface area contributed by atoms with Gasteiger partial charge in [-0.05, 0) is 62.8 Å². The third-order valence-corrected chi connectivity index (χ3v) is 5.30. The third kappa shape index (κ3) is 3.37. The number of thioether (sulfide) groups is 1. The van der Waals surface area contributed by atoms with Crippen molar-refractivity contribution in [3.8, 4) is 11.4 Å². The largest absolute Gasteiger partial charge is 0.508 e. The van der Waals surface area contributed by atoms with E-state index in [-0.39, 0.29) is 17.3 Å². The summed E-state index contributed by atoms with van der Waals surface area (Å²) in [4.78, 5) is 12.8. The third-order valence-electron chi connectivity index (χ3n) is 2.72. The molecule has 3 aromatic rings. The maximum Gasteiger partial charge on any atom is 0.214 e. The highest BCUT2D eigenvalue weighted by Gasteiger charge is 2.14. The number of aromatic hydroxyl groups is 1. The second-order valence-corrected chi connectivity index (χ2v) is 7.61. The monoisotopic (exact) mass is 396 g/mol. The summed E-state index contributed by atoms with van der Waals surface area (Å²) in [6, 6.07) is 10.2. The summed E-state index contributed by atoms with van der Waals surface area (Å²) < 4.78 is 2.46. The number of carbonyl (C=O) groups is 1. The van der Waals surface area contributed by atoms with Crippen molar-refractivity contribution in [3.63, 3.8) is 0 Å². The first-order valence-corrected chi connectivity index (χ1v) is 8.72. The highest BCUT2D eigenvalue weighted by molar-refractivity contribution is 9.11. The molecule has 0 saturated carbocycles. The average molecular weight is 397 g/mol. The van der Waals surface area contributed by atoms with Crippen LogP contribution in [0.25, 0.3) is 5.69 Å². The van der Waals surface area contributed by atoms with Crippen LogP contribution in [0.4, 0.5) is 0 Å². The van der Waals surface area contributed by atoms with Gasteiger partial charge in [-0.15, -0.1) is 16.4 Å². The Labute approximate surface area is 142 Å². The van der Waals surface area contributed by atoms with Crippen molar-refractivity contribution in [3.05, 3.63) is 45.1 Å². The predicted molar refractivity (Wildman–Crippen MR) is 87.9 cm³/mol. The number of aromatic nitrogens is 4. The van der Waals surface area contributed by atoms with Crippen molar-refractivity contribution in [1.29, 1.82) is 0 Å². The molecule has 112 valence electrons. The number of benzene rings is 1. The lowest BCUT2D eigenvalue weighted by molar-refractivity contribution is 0.102. The number of phenolic OH excluding ortho intramolecular Hbond substituents is 1. The Kier molecular flexibility index (Phi) is 4.55. The van der Waals surface area contributed by atoms with Gasteiger partial charge < -0.3 is 5.11 Å². The van der Waals surface area contributed by atoms with Crippen LogP contribution < -0.4 is 0 Å². The van der Waals surface area contributed by atoms with Gasteiger partial charge in [-0.2, -0.15) is 4.68 Å². The lowest BCUT2D eigenvalue weighted by Crippen LogP contribution is -2.03. The summed E-state index contributed by atoms with van der Waals surface area (Å²) >= 11 is 6.01. The van der Waals surface area contributed by atoms with Gasteiger partial charge in [0.2, 0.25) is 5.16 Å². The fourth-order valence-electron chi connectivity index (χ4n) is 1.69. The zero-order valence-corrected chi connectivity index (χ0v) is 14.2. The minimum atomic E-state index is 0.0287. The molecule has 0 radical (unpaired) electrons. The normalized spacial score (nSPS) is 10.8. The zero-order valence-electron chi connectivity index (χ0n) is 11.0. The molecule has 3 rings (SSSR count). The minimum absolute atomic E-state index is 0.0287. The molecule has 0 aliphatic rings. The second kappa shape index (κ2) is 6.59. The van der Waals surface area contributed by atoms with Crippen LogP contribution in [0.2, 0.25) is 0 Å². The van der Waals surface area contributed by atoms with E-state index in [0.717, 1.165) is 9.47 Å². The number of phenols is 1. The number of halogens is 1. The number of Topliss-reactive ketones (excluding diaryl/α,β-unsaturated/α-hetero) is 1. The number of ketones is 1. The van der Waals surface area contributed by atoms with Crippen molar-refractivity contribution in [2.45, 2.75) is 5.16 Å². The first kappa shape index (κ1) is 15.2. The number of thiophene rings is 1. The molecule has 2 aromatic heterocycles. The van der Waals surface area contributed by atoms with Crippen LogP contribution in [0, 0.1) is 0 Å². The van der Waals surface area contributed by atoms with Crippen molar-refractivity contribution in [1.82, 2.24) is 20.2 Å². The van der Waals surface area contributed by atoms with E-state index < -0.39 is 0 Å². The average Bonchev–Trinajstić information content (AvgIpc) is 3.14. The van der Waals surface area contributed by atoms with Gasteiger partial charge in [0, 0.05) is 0 Å². The molecule has 1 aromatic carbocycles. The Bertz CT molecular complexity index is 800. The SMILES string of the molecule is O=C(CSc1nnnn1-c1ccc(O)cc1)c1ccc(Br)s1. The van der Waals surface area contributed by atoms with Crippen molar-refractivity contribution >= 4 is 44.8 Å². The van der Waals surface area contributed by atoms with Crippen molar-refractivity contribution in [2.75, 3.05) is 5.75 Å². The molecule has 0 spiro atoms. The van der Waals surface area contributed by atoms with Gasteiger partial charge in [0.15, 0.2) is 5.78 Å². The standard InChI is InChI=1S/C13H9BrN4O2S2/c14-12-6-5-11(22-12)10(20)7-21-13-15-16-17-18(13)8-1-3-9(19)4-2-8/h1-6,19H,7H2. The molecule has 22 heavy (non-hydrogen) atoms. The molecule has 0 amide bonds. The summed E-state index contributed by atoms with van der Waals surface area (Å²) in [6.45, 7) is 0. The second-order valence-electron chi connectivity index (χ2n) is 4.21. The van der Waals surface area contributed by atoms with Crippen LogP contribution in [0.1, 0.15) is 9.67 Å². The van der Waals surface area contributed by atoms with Gasteiger partial charge in [-0.1, -0.05) is 11.8 Å². The lowest BCUT2D eigenvalue weighted by Gasteiger charge is -2.03. The van der Waals surface area contributed by atoms with Gasteiger partial charge >= 0.3 is 0 Å². The van der Waals surface area contributed by atoms with E-state index in [4.69, 9.17) is 0 Å². The minimum Gasteiger partial charge on any atom is -0.508 e. The van der Waals surface area contributed by atoms with Gasteiger partial charge in [0.25, 0.3) is 0 Å². The zero-order chi connectivity index (χ0) is 15.5. The van der Waals surface area contributed by atoms with E-state index in [9.17, 15) is 9.90 Å². The first-order valence-electron chi connectivity index (χ1n) is 6.12. The number of hydrogen-bond acceptors (Lipinski definition) is 7. The highest BCUT2D eigenvalue weighted by Crippen LogP contribution is 2.25. The van der Waals surface area contributed by atoms with E-state index in [1.54, 1.807) is 30.3 Å². The highest BCUT2D eigenvalue weighted by atomic mass is 79.9. The number of nitrogens with zero attached hydrogens (tertiary/aromatic N) is 4. The molecule has 2 heterocycles. The van der Waals surface area contributed by atoms with Crippen LogP contribution in [0.15, 0.2) is 45.3 Å². The Morgan fingerprint density at radius 2 is 2.05 bits per heavy atom.